The summed E-state index contributed by atoms with van der Waals surface area (Å²) in [7, 11) is 1.75. The van der Waals surface area contributed by atoms with E-state index >= 15 is 0 Å². The number of para-hydroxylation sites is 1. The highest BCUT2D eigenvalue weighted by Crippen LogP contribution is 2.37. The molecular formula is C44H53F2N13O5. The number of fused-ring (bicyclic) bond motifs is 4. The minimum atomic E-state index is -2.86. The number of carbonyl (C=O) groups excluding carboxylic acids is 3. The fourth-order valence-corrected chi connectivity index (χ4v) is 11.4. The second-order valence-electron chi connectivity index (χ2n) is 18.3. The second-order valence-corrected chi connectivity index (χ2v) is 18.3. The average Bonchev–Trinajstić information content (AvgIpc) is 4.17. The second kappa shape index (κ2) is 16.4. The number of piperidine rings is 2. The number of nitrogens with one attached hydrogen (secondary N) is 2. The number of aryl methyl sites for hydroxylation is 1. The average molecular weight is 882 g/mol. The summed E-state index contributed by atoms with van der Waals surface area (Å²) in [5, 5.41) is 13.7. The number of nitrogens with zero attached hydrogens (tertiary/aromatic N) is 11. The Balaban J connectivity index is 0.682. The maximum atomic E-state index is 14.4. The predicted molar refractivity (Wildman–Crippen MR) is 232 cm³/mol. The topological polar surface area (TPSA) is 172 Å². The molecule has 6 fully saturated rings. The molecule has 5 aromatic rings. The molecule has 338 valence electrons. The first-order chi connectivity index (χ1) is 31.1. The number of imidazole rings is 1. The van der Waals surface area contributed by atoms with Gasteiger partial charge < -0.3 is 24.8 Å². The van der Waals surface area contributed by atoms with Gasteiger partial charge in [-0.25, -0.2) is 23.1 Å². The minimum absolute atomic E-state index is 0.000995. The zero-order valence-corrected chi connectivity index (χ0v) is 35.8. The molecule has 1 saturated carbocycles. The van der Waals surface area contributed by atoms with Crippen LogP contribution in [-0.2, 0) is 21.4 Å². The van der Waals surface area contributed by atoms with Crippen molar-refractivity contribution in [2.24, 2.45) is 7.05 Å². The third kappa shape index (κ3) is 7.22. The first-order valence-corrected chi connectivity index (χ1v) is 22.8. The van der Waals surface area contributed by atoms with E-state index in [1.807, 2.05) is 24.3 Å². The lowest BCUT2D eigenvalue weighted by Crippen LogP contribution is -2.54. The third-order valence-electron chi connectivity index (χ3n) is 14.8. The van der Waals surface area contributed by atoms with Crippen LogP contribution in [0.1, 0.15) is 92.3 Å². The Morgan fingerprint density at radius 2 is 1.66 bits per heavy atom. The van der Waals surface area contributed by atoms with E-state index in [0.29, 0.717) is 36.3 Å². The fourth-order valence-electron chi connectivity index (χ4n) is 11.4. The number of hydrogen-bond acceptors (Lipinski definition) is 12. The quantitative estimate of drug-likeness (QED) is 0.207. The summed E-state index contributed by atoms with van der Waals surface area (Å²) in [6, 6.07) is 8.13. The zero-order chi connectivity index (χ0) is 43.8. The maximum Gasteiger partial charge on any atom is 0.329 e. The standard InChI is InChI=1S/C44H53F2N13O5/c1-52-39-33(3-2-4-34(39)59(44(52)63)35-9-10-37(60)50-43(35)62)55-19-17-54(18-20-55)27-11-14-53(15-12-27)26-5-7-28(8-6-26)58-24-32(38(51-58)40(45)46)48-42(61)31-22-47-57-16-13-36(49-41(31)57)56-23-30-21-29(56)25-64-30/h2-4,13,16,22,24,26-30,35,40H,5-12,14-15,17-21,23,25H2,1H3,(H,48,61)(H,50,60,62)/t26-,28-,29-,30-,35?/m1/s1. The number of ether oxygens (including phenoxy) is 1. The molecule has 0 spiro atoms. The molecule has 18 nitrogen and oxygen atoms in total. The lowest BCUT2D eigenvalue weighted by atomic mass is 9.88. The first-order valence-electron chi connectivity index (χ1n) is 22.8. The van der Waals surface area contributed by atoms with Crippen molar-refractivity contribution in [3.05, 3.63) is 64.6 Å². The van der Waals surface area contributed by atoms with Gasteiger partial charge >= 0.3 is 5.69 Å². The Hall–Kier alpha value is -5.73. The summed E-state index contributed by atoms with van der Waals surface area (Å²) >= 11 is 0. The zero-order valence-electron chi connectivity index (χ0n) is 35.8. The van der Waals surface area contributed by atoms with E-state index in [0.717, 1.165) is 108 Å². The van der Waals surface area contributed by atoms with Crippen molar-refractivity contribution in [1.29, 1.82) is 0 Å². The Kier molecular flexibility index (Phi) is 10.5. The van der Waals surface area contributed by atoms with Crippen molar-refractivity contribution in [2.75, 3.05) is 67.5 Å². The van der Waals surface area contributed by atoms with Crippen LogP contribution >= 0.6 is 0 Å². The van der Waals surface area contributed by atoms with Gasteiger partial charge in [0.15, 0.2) is 11.3 Å². The van der Waals surface area contributed by atoms with Crippen LogP contribution in [0.5, 0.6) is 0 Å². The highest BCUT2D eigenvalue weighted by atomic mass is 19.3. The van der Waals surface area contributed by atoms with Crippen molar-refractivity contribution in [2.45, 2.75) is 101 Å². The highest BCUT2D eigenvalue weighted by Gasteiger charge is 2.40. The van der Waals surface area contributed by atoms with Gasteiger partial charge in [-0.1, -0.05) is 6.07 Å². The van der Waals surface area contributed by atoms with E-state index in [4.69, 9.17) is 9.72 Å². The lowest BCUT2D eigenvalue weighted by Gasteiger charge is -2.46. The van der Waals surface area contributed by atoms with Gasteiger partial charge in [0.2, 0.25) is 11.8 Å². The van der Waals surface area contributed by atoms with Crippen LogP contribution in [0.25, 0.3) is 16.7 Å². The summed E-state index contributed by atoms with van der Waals surface area (Å²) in [4.78, 5) is 66.1. The Labute approximate surface area is 367 Å². The van der Waals surface area contributed by atoms with E-state index in [1.165, 1.54) is 10.7 Å². The summed E-state index contributed by atoms with van der Waals surface area (Å²) in [5.41, 5.74) is 2.33. The molecule has 5 aliphatic heterocycles. The Bertz CT molecular complexity index is 2670. The number of carbonyl (C=O) groups is 3. The van der Waals surface area contributed by atoms with E-state index in [1.54, 1.807) is 33.3 Å². The molecule has 1 aromatic carbocycles. The molecule has 4 aromatic heterocycles. The molecule has 3 atom stereocenters. The molecule has 0 radical (unpaired) electrons. The third-order valence-corrected chi connectivity index (χ3v) is 14.8. The number of anilines is 3. The summed E-state index contributed by atoms with van der Waals surface area (Å²) in [6.45, 7) is 6.87. The number of morpholine rings is 1. The fraction of sp³-hybridized carbons (Fsp3) is 0.568. The maximum absolute atomic E-state index is 14.4. The van der Waals surface area contributed by atoms with Gasteiger partial charge in [-0.2, -0.15) is 10.2 Å². The molecule has 9 heterocycles. The van der Waals surface area contributed by atoms with Crippen molar-refractivity contribution in [1.82, 2.24) is 48.6 Å². The smallest absolute Gasteiger partial charge is 0.329 e. The summed E-state index contributed by atoms with van der Waals surface area (Å²) < 4.78 is 40.8. The molecule has 1 unspecified atom stereocenters. The number of piperazine rings is 1. The molecule has 1 aliphatic carbocycles. The number of amides is 3. The number of aromatic nitrogens is 7. The van der Waals surface area contributed by atoms with Gasteiger partial charge in [0.25, 0.3) is 12.3 Å². The monoisotopic (exact) mass is 881 g/mol. The number of benzene rings is 1. The van der Waals surface area contributed by atoms with Crippen molar-refractivity contribution in [3.63, 3.8) is 0 Å². The molecule has 6 aliphatic rings. The number of halogens is 2. The van der Waals surface area contributed by atoms with Crippen LogP contribution in [0, 0.1) is 0 Å². The molecule has 2 bridgehead atoms. The van der Waals surface area contributed by atoms with Crippen molar-refractivity contribution in [3.8, 4) is 0 Å². The number of rotatable bonds is 9. The Morgan fingerprint density at radius 1 is 0.906 bits per heavy atom. The molecule has 3 amide bonds. The molecule has 2 N–H and O–H groups in total. The predicted octanol–water partition coefficient (Wildman–Crippen LogP) is 3.49. The summed E-state index contributed by atoms with van der Waals surface area (Å²) in [5.74, 6) is -0.573. The van der Waals surface area contributed by atoms with E-state index in [9.17, 15) is 28.0 Å². The lowest BCUT2D eigenvalue weighted by molar-refractivity contribution is -0.135. The highest BCUT2D eigenvalue weighted by molar-refractivity contribution is 6.08. The van der Waals surface area contributed by atoms with Gasteiger partial charge in [0.1, 0.15) is 17.4 Å². The van der Waals surface area contributed by atoms with E-state index in [2.05, 4.69) is 40.4 Å². The van der Waals surface area contributed by atoms with Crippen molar-refractivity contribution < 1.29 is 27.9 Å². The van der Waals surface area contributed by atoms with Gasteiger partial charge in [0, 0.05) is 70.7 Å². The Morgan fingerprint density at radius 3 is 2.38 bits per heavy atom. The number of hydrogen-bond donors (Lipinski definition) is 2. The molecule has 64 heavy (non-hydrogen) atoms. The van der Waals surface area contributed by atoms with E-state index < -0.39 is 30.0 Å². The van der Waals surface area contributed by atoms with E-state index in [-0.39, 0.29) is 47.5 Å². The van der Waals surface area contributed by atoms with Crippen molar-refractivity contribution >= 4 is 51.6 Å². The van der Waals surface area contributed by atoms with Crippen LogP contribution in [-0.4, -0.2) is 138 Å². The van der Waals surface area contributed by atoms with Gasteiger partial charge in [-0.3, -0.25) is 38.4 Å². The SMILES string of the molecule is Cn1c(=O)n(C2CCC(=O)NC2=O)c2cccc(N3CCN(C4CCN([C@H]5CC[C@H](n6cc(NC(=O)c7cnn8ccc(N9C[C@H]%10C[C@@H]9CO%10)nc78)c(C(F)F)n6)CC5)CC4)CC3)c21. The molecule has 20 heteroatoms. The molecule has 5 saturated heterocycles. The van der Waals surface area contributed by atoms with Gasteiger partial charge in [-0.05, 0) is 82.7 Å². The van der Waals surface area contributed by atoms with Crippen LogP contribution in [0.15, 0.2) is 47.7 Å². The minimum Gasteiger partial charge on any atom is -0.374 e. The first kappa shape index (κ1) is 41.0. The molecular weight excluding hydrogens is 829 g/mol. The van der Waals surface area contributed by atoms with Gasteiger partial charge in [-0.15, -0.1) is 0 Å². The summed E-state index contributed by atoms with van der Waals surface area (Å²) in [6.07, 6.45) is 9.17. The number of alkyl halides is 2. The van der Waals surface area contributed by atoms with Crippen LogP contribution in [0.2, 0.25) is 0 Å². The van der Waals surface area contributed by atoms with Crippen LogP contribution in [0.3, 0.4) is 0 Å². The largest absolute Gasteiger partial charge is 0.374 e. The number of imide groups is 1. The molecule has 11 rings (SSSR count). The normalized spacial score (nSPS) is 26.2. The van der Waals surface area contributed by atoms with Crippen LogP contribution < -0.4 is 26.1 Å². The van der Waals surface area contributed by atoms with Crippen LogP contribution in [0.4, 0.5) is 26.0 Å². The number of likely N-dealkylation sites (tertiary alicyclic amines) is 1. The van der Waals surface area contributed by atoms with Gasteiger partial charge in [0.05, 0.1) is 53.4 Å².